The number of carbonyl (C=O) groups is 1. The van der Waals surface area contributed by atoms with Crippen LogP contribution < -0.4 is 5.32 Å². The van der Waals surface area contributed by atoms with Crippen molar-refractivity contribution >= 4 is 5.91 Å². The number of hydrogen-bond donors (Lipinski definition) is 1. The predicted molar refractivity (Wildman–Crippen MR) is 93.1 cm³/mol. The number of benzene rings is 1. The summed E-state index contributed by atoms with van der Waals surface area (Å²) in [5, 5.41) is 3.23. The van der Waals surface area contributed by atoms with Crippen molar-refractivity contribution in [3.8, 4) is 0 Å². The molecule has 1 amide bonds. The van der Waals surface area contributed by atoms with Gasteiger partial charge in [-0.25, -0.2) is 4.39 Å². The normalized spacial score (nSPS) is 25.2. The smallest absolute Gasteiger partial charge is 0.239 e. The second-order valence-corrected chi connectivity index (χ2v) is 7.11. The highest BCUT2D eigenvalue weighted by atomic mass is 19.1. The number of nitrogens with zero attached hydrogens (tertiary/aromatic N) is 2. The largest absolute Gasteiger partial charge is 0.341 e. The molecule has 0 aromatic heterocycles. The lowest BCUT2D eigenvalue weighted by Gasteiger charge is -2.36. The van der Waals surface area contributed by atoms with E-state index in [-0.39, 0.29) is 17.8 Å². The Kier molecular flexibility index (Phi) is 5.85. The highest BCUT2D eigenvalue weighted by Gasteiger charge is 2.35. The highest BCUT2D eigenvalue weighted by molar-refractivity contribution is 5.82. The van der Waals surface area contributed by atoms with E-state index in [0.29, 0.717) is 5.92 Å². The van der Waals surface area contributed by atoms with Crippen LogP contribution in [-0.4, -0.2) is 55.0 Å². The number of likely N-dealkylation sites (tertiary alicyclic amines) is 2. The van der Waals surface area contributed by atoms with Gasteiger partial charge in [0, 0.05) is 19.6 Å². The van der Waals surface area contributed by atoms with Crippen LogP contribution in [0.1, 0.15) is 31.2 Å². The number of piperidine rings is 1. The maximum Gasteiger partial charge on any atom is 0.239 e. The van der Waals surface area contributed by atoms with Crippen molar-refractivity contribution in [3.05, 3.63) is 35.6 Å². The molecule has 3 rings (SSSR count). The summed E-state index contributed by atoms with van der Waals surface area (Å²) in [4.78, 5) is 17.3. The van der Waals surface area contributed by atoms with Gasteiger partial charge in [-0.1, -0.05) is 12.1 Å². The number of amides is 1. The number of nitrogens with one attached hydrogen (secondary N) is 1. The first kappa shape index (κ1) is 17.4. The summed E-state index contributed by atoms with van der Waals surface area (Å²) < 4.78 is 13.1. The van der Waals surface area contributed by atoms with E-state index >= 15 is 0 Å². The zero-order valence-electron chi connectivity index (χ0n) is 14.5. The van der Waals surface area contributed by atoms with Crippen LogP contribution in [0.15, 0.2) is 24.3 Å². The fourth-order valence-electron chi connectivity index (χ4n) is 4.05. The third-order valence-electron chi connectivity index (χ3n) is 5.27. The third-order valence-corrected chi connectivity index (χ3v) is 5.27. The Morgan fingerprint density at radius 1 is 1.21 bits per heavy atom. The van der Waals surface area contributed by atoms with E-state index in [1.807, 2.05) is 19.2 Å². The van der Waals surface area contributed by atoms with E-state index in [9.17, 15) is 9.18 Å². The van der Waals surface area contributed by atoms with Crippen LogP contribution in [0.25, 0.3) is 0 Å². The first-order valence-corrected chi connectivity index (χ1v) is 9.09. The topological polar surface area (TPSA) is 35.6 Å². The molecule has 24 heavy (non-hydrogen) atoms. The second-order valence-electron chi connectivity index (χ2n) is 7.11. The van der Waals surface area contributed by atoms with Crippen LogP contribution in [0.2, 0.25) is 0 Å². The van der Waals surface area contributed by atoms with Crippen LogP contribution in [-0.2, 0) is 11.3 Å². The Hall–Kier alpha value is -1.46. The molecule has 0 bridgehead atoms. The molecule has 2 saturated heterocycles. The zero-order chi connectivity index (χ0) is 16.9. The van der Waals surface area contributed by atoms with Gasteiger partial charge < -0.3 is 10.2 Å². The molecule has 1 aromatic rings. The molecule has 132 valence electrons. The summed E-state index contributed by atoms with van der Waals surface area (Å²) in [6.07, 6.45) is 4.30. The molecule has 0 radical (unpaired) electrons. The SMILES string of the molecule is CNC[C@H]1CCCN(C(=O)[C@H]2CCCN2Cc2ccc(F)cc2)C1. The molecule has 2 fully saturated rings. The van der Waals surface area contributed by atoms with E-state index in [2.05, 4.69) is 15.1 Å². The summed E-state index contributed by atoms with van der Waals surface area (Å²) in [5.74, 6) is 0.645. The molecule has 2 aliphatic heterocycles. The molecular weight excluding hydrogens is 305 g/mol. The first-order valence-electron chi connectivity index (χ1n) is 9.09. The highest BCUT2D eigenvalue weighted by Crippen LogP contribution is 2.24. The van der Waals surface area contributed by atoms with Gasteiger partial charge in [-0.15, -0.1) is 0 Å². The van der Waals surface area contributed by atoms with Crippen LogP contribution in [0.4, 0.5) is 4.39 Å². The minimum Gasteiger partial charge on any atom is -0.341 e. The van der Waals surface area contributed by atoms with Gasteiger partial charge in [0.25, 0.3) is 0 Å². The van der Waals surface area contributed by atoms with Gasteiger partial charge in [-0.3, -0.25) is 9.69 Å². The van der Waals surface area contributed by atoms with Crippen molar-refractivity contribution in [2.24, 2.45) is 5.92 Å². The molecule has 2 atom stereocenters. The van der Waals surface area contributed by atoms with Gasteiger partial charge in [-0.05, 0) is 69.4 Å². The number of hydrogen-bond acceptors (Lipinski definition) is 3. The molecule has 0 saturated carbocycles. The number of halogens is 1. The molecule has 5 heteroatoms. The lowest BCUT2D eigenvalue weighted by Crippen LogP contribution is -2.50. The Balaban J connectivity index is 1.61. The van der Waals surface area contributed by atoms with Gasteiger partial charge in [0.15, 0.2) is 0 Å². The summed E-state index contributed by atoms with van der Waals surface area (Å²) in [5.41, 5.74) is 1.07. The summed E-state index contributed by atoms with van der Waals surface area (Å²) in [6, 6.07) is 6.62. The van der Waals surface area contributed by atoms with Crippen molar-refractivity contribution in [3.63, 3.8) is 0 Å². The Morgan fingerprint density at radius 3 is 2.71 bits per heavy atom. The minimum absolute atomic E-state index is 0.0108. The van der Waals surface area contributed by atoms with Gasteiger partial charge in [0.1, 0.15) is 5.82 Å². The molecule has 0 spiro atoms. The number of carbonyl (C=O) groups excluding carboxylic acids is 1. The molecule has 1 N–H and O–H groups in total. The summed E-state index contributed by atoms with van der Waals surface area (Å²) >= 11 is 0. The minimum atomic E-state index is -0.211. The van der Waals surface area contributed by atoms with E-state index in [1.165, 1.54) is 18.6 Å². The maximum absolute atomic E-state index is 13.1. The Bertz CT molecular complexity index is 546. The Labute approximate surface area is 144 Å². The summed E-state index contributed by atoms with van der Waals surface area (Å²) in [7, 11) is 1.97. The van der Waals surface area contributed by atoms with E-state index in [0.717, 1.165) is 57.5 Å². The van der Waals surface area contributed by atoms with Crippen LogP contribution in [0, 0.1) is 11.7 Å². The molecule has 2 aliphatic rings. The lowest BCUT2D eigenvalue weighted by molar-refractivity contribution is -0.138. The zero-order valence-corrected chi connectivity index (χ0v) is 14.5. The monoisotopic (exact) mass is 333 g/mol. The summed E-state index contributed by atoms with van der Waals surface area (Å²) in [6.45, 7) is 4.42. The van der Waals surface area contributed by atoms with Gasteiger partial charge in [0.05, 0.1) is 6.04 Å². The van der Waals surface area contributed by atoms with Crippen molar-refractivity contribution in [1.29, 1.82) is 0 Å². The van der Waals surface area contributed by atoms with Gasteiger partial charge in [-0.2, -0.15) is 0 Å². The third kappa shape index (κ3) is 4.14. The van der Waals surface area contributed by atoms with Crippen molar-refractivity contribution in [1.82, 2.24) is 15.1 Å². The van der Waals surface area contributed by atoms with Crippen LogP contribution >= 0.6 is 0 Å². The fourth-order valence-corrected chi connectivity index (χ4v) is 4.05. The van der Waals surface area contributed by atoms with E-state index in [4.69, 9.17) is 0 Å². The quantitative estimate of drug-likeness (QED) is 0.898. The second kappa shape index (κ2) is 8.08. The van der Waals surface area contributed by atoms with Gasteiger partial charge in [0.2, 0.25) is 5.91 Å². The molecular formula is C19H28FN3O. The first-order chi connectivity index (χ1) is 11.7. The average Bonchev–Trinajstić information content (AvgIpc) is 3.05. The molecule has 4 nitrogen and oxygen atoms in total. The lowest BCUT2D eigenvalue weighted by atomic mass is 9.97. The van der Waals surface area contributed by atoms with Crippen LogP contribution in [0.3, 0.4) is 0 Å². The van der Waals surface area contributed by atoms with Crippen LogP contribution in [0.5, 0.6) is 0 Å². The van der Waals surface area contributed by atoms with Crippen molar-refractivity contribution < 1.29 is 9.18 Å². The molecule has 0 aliphatic carbocycles. The molecule has 1 aromatic carbocycles. The van der Waals surface area contributed by atoms with E-state index < -0.39 is 0 Å². The van der Waals surface area contributed by atoms with E-state index in [1.54, 1.807) is 0 Å². The standard InChI is InChI=1S/C19H28FN3O/c1-21-12-16-4-2-11-23(14-16)19(24)18-5-3-10-22(18)13-15-6-8-17(20)9-7-15/h6-9,16,18,21H,2-5,10-14H2,1H3/t16-,18-/m1/s1. The van der Waals surface area contributed by atoms with Gasteiger partial charge >= 0.3 is 0 Å². The average molecular weight is 333 g/mol. The maximum atomic E-state index is 13.1. The molecule has 2 heterocycles. The van der Waals surface area contributed by atoms with Crippen molar-refractivity contribution in [2.45, 2.75) is 38.3 Å². The number of rotatable bonds is 5. The van der Waals surface area contributed by atoms with Crippen molar-refractivity contribution in [2.75, 3.05) is 33.2 Å². The predicted octanol–water partition coefficient (Wildman–Crippen LogP) is 2.25. The molecule has 0 unspecified atom stereocenters. The Morgan fingerprint density at radius 2 is 1.96 bits per heavy atom. The fraction of sp³-hybridized carbons (Fsp3) is 0.632.